The number of para-hydroxylation sites is 1. The van der Waals surface area contributed by atoms with Gasteiger partial charge in [0, 0.05) is 18.1 Å². The molecule has 130 valence electrons. The maximum Gasteiger partial charge on any atom is 0.240 e. The maximum atomic E-state index is 12.5. The normalized spacial score (nSPS) is 12.0. The largest absolute Gasteiger partial charge is 0.256 e. The van der Waals surface area contributed by atoms with Gasteiger partial charge >= 0.3 is 0 Å². The third kappa shape index (κ3) is 4.24. The predicted molar refractivity (Wildman–Crippen MR) is 101 cm³/mol. The Morgan fingerprint density at radius 2 is 1.72 bits per heavy atom. The van der Waals surface area contributed by atoms with E-state index in [0.29, 0.717) is 5.92 Å². The third-order valence-electron chi connectivity index (χ3n) is 4.05. The SMILES string of the molecule is CC(C)Cc1ccc(S(=O)(=O)NCc2cccc3cccnc23)cc1. The molecule has 0 aliphatic heterocycles. The number of pyridine rings is 1. The Labute approximate surface area is 149 Å². The van der Waals surface area contributed by atoms with Gasteiger partial charge in [-0.25, -0.2) is 13.1 Å². The molecule has 0 atom stereocenters. The average molecular weight is 354 g/mol. The Kier molecular flexibility index (Phi) is 5.16. The molecule has 0 aliphatic rings. The number of nitrogens with zero attached hydrogens (tertiary/aromatic N) is 1. The van der Waals surface area contributed by atoms with Crippen LogP contribution in [-0.4, -0.2) is 13.4 Å². The zero-order valence-corrected chi connectivity index (χ0v) is 15.3. The first-order chi connectivity index (χ1) is 12.0. The Bertz CT molecular complexity index is 959. The second-order valence-electron chi connectivity index (χ2n) is 6.56. The molecule has 1 aromatic heterocycles. The summed E-state index contributed by atoms with van der Waals surface area (Å²) in [4.78, 5) is 4.64. The topological polar surface area (TPSA) is 59.1 Å². The number of hydrogen-bond donors (Lipinski definition) is 1. The first-order valence-electron chi connectivity index (χ1n) is 8.37. The molecular weight excluding hydrogens is 332 g/mol. The molecule has 0 amide bonds. The number of aromatic nitrogens is 1. The van der Waals surface area contributed by atoms with E-state index >= 15 is 0 Å². The van der Waals surface area contributed by atoms with E-state index in [4.69, 9.17) is 0 Å². The van der Waals surface area contributed by atoms with E-state index in [1.54, 1.807) is 18.3 Å². The number of hydrogen-bond acceptors (Lipinski definition) is 3. The van der Waals surface area contributed by atoms with Crippen LogP contribution >= 0.6 is 0 Å². The minimum Gasteiger partial charge on any atom is -0.256 e. The van der Waals surface area contributed by atoms with Crippen molar-refractivity contribution in [1.82, 2.24) is 9.71 Å². The molecule has 3 aromatic rings. The van der Waals surface area contributed by atoms with E-state index < -0.39 is 10.0 Å². The van der Waals surface area contributed by atoms with Gasteiger partial charge in [0.05, 0.1) is 10.4 Å². The fourth-order valence-corrected chi connectivity index (χ4v) is 3.85. The first-order valence-corrected chi connectivity index (χ1v) is 9.85. The van der Waals surface area contributed by atoms with Crippen molar-refractivity contribution >= 4 is 20.9 Å². The second-order valence-corrected chi connectivity index (χ2v) is 8.33. The van der Waals surface area contributed by atoms with Gasteiger partial charge < -0.3 is 0 Å². The van der Waals surface area contributed by atoms with Crippen LogP contribution in [0.25, 0.3) is 10.9 Å². The van der Waals surface area contributed by atoms with Crippen LogP contribution in [0.3, 0.4) is 0 Å². The smallest absolute Gasteiger partial charge is 0.240 e. The van der Waals surface area contributed by atoms with Crippen LogP contribution in [0.5, 0.6) is 0 Å². The molecule has 2 aromatic carbocycles. The highest BCUT2D eigenvalue weighted by Gasteiger charge is 2.14. The van der Waals surface area contributed by atoms with Crippen LogP contribution in [0.15, 0.2) is 65.7 Å². The van der Waals surface area contributed by atoms with E-state index in [2.05, 4.69) is 23.6 Å². The van der Waals surface area contributed by atoms with Gasteiger partial charge in [-0.1, -0.05) is 50.2 Å². The molecule has 0 saturated carbocycles. The Morgan fingerprint density at radius 3 is 2.44 bits per heavy atom. The minimum absolute atomic E-state index is 0.213. The van der Waals surface area contributed by atoms with Crippen LogP contribution in [0.2, 0.25) is 0 Å². The highest BCUT2D eigenvalue weighted by Crippen LogP contribution is 2.17. The molecule has 0 bridgehead atoms. The van der Waals surface area contributed by atoms with Gasteiger partial charge in [-0.05, 0) is 41.7 Å². The summed E-state index contributed by atoms with van der Waals surface area (Å²) < 4.78 is 27.8. The Balaban J connectivity index is 1.77. The highest BCUT2D eigenvalue weighted by atomic mass is 32.2. The Morgan fingerprint density at radius 1 is 1.00 bits per heavy atom. The van der Waals surface area contributed by atoms with Crippen LogP contribution in [0.4, 0.5) is 0 Å². The van der Waals surface area contributed by atoms with Crippen LogP contribution in [0.1, 0.15) is 25.0 Å². The van der Waals surface area contributed by atoms with Crippen molar-refractivity contribution in [2.24, 2.45) is 5.92 Å². The Hall–Kier alpha value is -2.24. The number of benzene rings is 2. The molecule has 0 spiro atoms. The lowest BCUT2D eigenvalue weighted by atomic mass is 10.0. The summed E-state index contributed by atoms with van der Waals surface area (Å²) in [5.74, 6) is 0.541. The van der Waals surface area contributed by atoms with Crippen LogP contribution in [-0.2, 0) is 23.0 Å². The highest BCUT2D eigenvalue weighted by molar-refractivity contribution is 7.89. The van der Waals surface area contributed by atoms with Gasteiger partial charge in [0.25, 0.3) is 0 Å². The minimum atomic E-state index is -3.55. The molecule has 1 N–H and O–H groups in total. The van der Waals surface area contributed by atoms with Gasteiger partial charge in [-0.15, -0.1) is 0 Å². The van der Waals surface area contributed by atoms with Crippen molar-refractivity contribution < 1.29 is 8.42 Å². The van der Waals surface area contributed by atoms with Gasteiger partial charge in [0.1, 0.15) is 0 Å². The van der Waals surface area contributed by atoms with Gasteiger partial charge in [-0.2, -0.15) is 0 Å². The number of nitrogens with one attached hydrogen (secondary N) is 1. The van der Waals surface area contributed by atoms with Gasteiger partial charge in [0.2, 0.25) is 10.0 Å². The third-order valence-corrected chi connectivity index (χ3v) is 5.46. The van der Waals surface area contributed by atoms with Crippen molar-refractivity contribution in [3.63, 3.8) is 0 Å². The van der Waals surface area contributed by atoms with E-state index in [1.165, 1.54) is 0 Å². The molecule has 0 aliphatic carbocycles. The monoisotopic (exact) mass is 354 g/mol. The molecule has 25 heavy (non-hydrogen) atoms. The molecule has 4 nitrogen and oxygen atoms in total. The summed E-state index contributed by atoms with van der Waals surface area (Å²) in [5.41, 5.74) is 2.82. The van der Waals surface area contributed by atoms with Crippen molar-refractivity contribution in [2.75, 3.05) is 0 Å². The molecule has 5 heteroatoms. The fourth-order valence-electron chi connectivity index (χ4n) is 2.84. The number of rotatable bonds is 6. The summed E-state index contributed by atoms with van der Waals surface area (Å²) in [5, 5.41) is 0.997. The lowest BCUT2D eigenvalue weighted by Crippen LogP contribution is -2.23. The lowest BCUT2D eigenvalue weighted by Gasteiger charge is -2.10. The van der Waals surface area contributed by atoms with Gasteiger partial charge in [-0.3, -0.25) is 4.98 Å². The number of fused-ring (bicyclic) bond motifs is 1. The molecule has 0 unspecified atom stereocenters. The molecule has 0 radical (unpaired) electrons. The van der Waals surface area contributed by atoms with E-state index in [9.17, 15) is 8.42 Å². The van der Waals surface area contributed by atoms with E-state index in [-0.39, 0.29) is 11.4 Å². The number of sulfonamides is 1. The average Bonchev–Trinajstić information content (AvgIpc) is 2.60. The maximum absolute atomic E-state index is 12.5. The molecule has 1 heterocycles. The van der Waals surface area contributed by atoms with Crippen LogP contribution in [0, 0.1) is 5.92 Å². The summed E-state index contributed by atoms with van der Waals surface area (Å²) in [6.45, 7) is 4.50. The zero-order chi connectivity index (χ0) is 17.9. The molecule has 0 saturated heterocycles. The standard InChI is InChI=1S/C20H22N2O2S/c1-15(2)13-16-8-10-19(11-9-16)25(23,24)22-14-18-6-3-5-17-7-4-12-21-20(17)18/h3-12,15,22H,13-14H2,1-2H3. The lowest BCUT2D eigenvalue weighted by molar-refractivity contribution is 0.581. The quantitative estimate of drug-likeness (QED) is 0.730. The van der Waals surface area contributed by atoms with E-state index in [1.807, 2.05) is 42.5 Å². The van der Waals surface area contributed by atoms with Gasteiger partial charge in [0.15, 0.2) is 0 Å². The summed E-state index contributed by atoms with van der Waals surface area (Å²) in [7, 11) is -3.55. The molecule has 3 rings (SSSR count). The zero-order valence-electron chi connectivity index (χ0n) is 14.4. The molecule has 0 fully saturated rings. The first kappa shape index (κ1) is 17.6. The van der Waals surface area contributed by atoms with Crippen molar-refractivity contribution in [3.8, 4) is 0 Å². The summed E-state index contributed by atoms with van der Waals surface area (Å²) in [6, 6.07) is 16.7. The predicted octanol–water partition coefficient (Wildman–Crippen LogP) is 3.91. The summed E-state index contributed by atoms with van der Waals surface area (Å²) >= 11 is 0. The van der Waals surface area contributed by atoms with Crippen LogP contribution < -0.4 is 4.72 Å². The van der Waals surface area contributed by atoms with Crippen molar-refractivity contribution in [2.45, 2.75) is 31.7 Å². The second kappa shape index (κ2) is 7.33. The van der Waals surface area contributed by atoms with Crippen molar-refractivity contribution in [3.05, 3.63) is 71.9 Å². The van der Waals surface area contributed by atoms with Crippen molar-refractivity contribution in [1.29, 1.82) is 0 Å². The van der Waals surface area contributed by atoms with E-state index in [0.717, 1.165) is 28.5 Å². The molecular formula is C20H22N2O2S. The summed E-state index contributed by atoms with van der Waals surface area (Å²) in [6.07, 6.45) is 2.66. The fraction of sp³-hybridized carbons (Fsp3) is 0.250.